The largest absolute Gasteiger partial charge is 0.497 e. The number of ether oxygens (including phenoxy) is 1. The van der Waals surface area contributed by atoms with Gasteiger partial charge in [-0.1, -0.05) is 22.5 Å². The molecule has 0 atom stereocenters. The molecule has 4 heteroatoms. The third kappa shape index (κ3) is 2.96. The summed E-state index contributed by atoms with van der Waals surface area (Å²) in [6.45, 7) is 4.36. The lowest BCUT2D eigenvalue weighted by Crippen LogP contribution is -2.03. The Morgan fingerprint density at radius 1 is 1.64 bits per heavy atom. The molecule has 3 N–H and O–H groups in total. The van der Waals surface area contributed by atoms with Gasteiger partial charge < -0.3 is 15.8 Å². The molecule has 1 aromatic rings. The number of nitrogens with one attached hydrogen (secondary N) is 1. The average molecular weight is 257 g/mol. The summed E-state index contributed by atoms with van der Waals surface area (Å²) < 4.78 is 5.96. The normalized spacial score (nSPS) is 9.57. The van der Waals surface area contributed by atoms with Crippen LogP contribution < -0.4 is 15.8 Å². The Balaban J connectivity index is 2.78. The van der Waals surface area contributed by atoms with Gasteiger partial charge in [-0.25, -0.2) is 0 Å². The molecular formula is C10H13BrN2O. The zero-order chi connectivity index (χ0) is 10.6. The van der Waals surface area contributed by atoms with E-state index >= 15 is 0 Å². The molecule has 0 saturated carbocycles. The first-order chi connectivity index (χ1) is 6.63. The quantitative estimate of drug-likeness (QED) is 0.815. The second-order valence-corrected chi connectivity index (χ2v) is 3.95. The van der Waals surface area contributed by atoms with E-state index in [1.54, 1.807) is 13.2 Å². The van der Waals surface area contributed by atoms with Crippen LogP contribution in [0.2, 0.25) is 0 Å². The van der Waals surface area contributed by atoms with Gasteiger partial charge in [-0.3, -0.25) is 0 Å². The molecule has 0 bridgehead atoms. The number of benzene rings is 1. The van der Waals surface area contributed by atoms with Crippen molar-refractivity contribution in [2.24, 2.45) is 0 Å². The highest BCUT2D eigenvalue weighted by molar-refractivity contribution is 9.11. The Hall–Kier alpha value is -1.16. The van der Waals surface area contributed by atoms with Gasteiger partial charge in [0.2, 0.25) is 0 Å². The molecule has 0 aromatic heterocycles. The molecule has 0 amide bonds. The Bertz CT molecular complexity index is 339. The molecule has 0 unspecified atom stereocenters. The molecule has 0 radical (unpaired) electrons. The van der Waals surface area contributed by atoms with Gasteiger partial charge in [0.15, 0.2) is 0 Å². The van der Waals surface area contributed by atoms with Crippen molar-refractivity contribution in [2.75, 3.05) is 24.7 Å². The van der Waals surface area contributed by atoms with Crippen molar-refractivity contribution < 1.29 is 4.74 Å². The van der Waals surface area contributed by atoms with E-state index in [0.29, 0.717) is 12.2 Å². The smallest absolute Gasteiger partial charge is 0.121 e. The van der Waals surface area contributed by atoms with E-state index in [1.165, 1.54) is 0 Å². The first kappa shape index (κ1) is 10.9. The van der Waals surface area contributed by atoms with Crippen LogP contribution in [0.15, 0.2) is 29.3 Å². The molecule has 1 aromatic carbocycles. The predicted octanol–water partition coefficient (Wildman–Crippen LogP) is 2.60. The Morgan fingerprint density at radius 3 is 2.93 bits per heavy atom. The number of anilines is 2. The summed E-state index contributed by atoms with van der Waals surface area (Å²) in [5.74, 6) is 0.780. The summed E-state index contributed by atoms with van der Waals surface area (Å²) in [6, 6.07) is 5.48. The summed E-state index contributed by atoms with van der Waals surface area (Å²) in [5.41, 5.74) is 7.31. The molecule has 0 aliphatic rings. The number of methoxy groups -OCH3 is 1. The van der Waals surface area contributed by atoms with E-state index in [1.807, 2.05) is 12.1 Å². The van der Waals surface area contributed by atoms with E-state index in [4.69, 9.17) is 10.5 Å². The lowest BCUT2D eigenvalue weighted by molar-refractivity contribution is 0.415. The first-order valence-corrected chi connectivity index (χ1v) is 4.93. The van der Waals surface area contributed by atoms with Gasteiger partial charge in [0.25, 0.3) is 0 Å². The second-order valence-electron chi connectivity index (χ2n) is 2.82. The van der Waals surface area contributed by atoms with Crippen molar-refractivity contribution in [2.45, 2.75) is 0 Å². The summed E-state index contributed by atoms with van der Waals surface area (Å²) in [6.07, 6.45) is 0. The number of halogens is 1. The molecule has 0 spiro atoms. The predicted molar refractivity (Wildman–Crippen MR) is 64.0 cm³/mol. The fourth-order valence-corrected chi connectivity index (χ4v) is 1.15. The van der Waals surface area contributed by atoms with E-state index in [-0.39, 0.29) is 0 Å². The standard InChI is InChI=1S/C10H13BrN2O/c1-7(11)6-13-10-5-8(14-2)3-4-9(10)12/h3-5,13H,1,6,12H2,2H3. The van der Waals surface area contributed by atoms with Crippen LogP contribution in [-0.4, -0.2) is 13.7 Å². The molecule has 3 nitrogen and oxygen atoms in total. The van der Waals surface area contributed by atoms with E-state index in [9.17, 15) is 0 Å². The van der Waals surface area contributed by atoms with Crippen molar-refractivity contribution in [1.29, 1.82) is 0 Å². The van der Waals surface area contributed by atoms with Gasteiger partial charge in [-0.15, -0.1) is 0 Å². The topological polar surface area (TPSA) is 47.3 Å². The molecule has 0 fully saturated rings. The average Bonchev–Trinajstić information content (AvgIpc) is 2.16. The van der Waals surface area contributed by atoms with Crippen molar-refractivity contribution in [1.82, 2.24) is 0 Å². The molecule has 0 aliphatic carbocycles. The molecule has 76 valence electrons. The minimum absolute atomic E-state index is 0.636. The van der Waals surface area contributed by atoms with Crippen LogP contribution in [0.3, 0.4) is 0 Å². The van der Waals surface area contributed by atoms with Crippen molar-refractivity contribution >= 4 is 27.3 Å². The molecule has 0 heterocycles. The Morgan fingerprint density at radius 2 is 2.36 bits per heavy atom. The first-order valence-electron chi connectivity index (χ1n) is 4.14. The number of rotatable bonds is 4. The summed E-state index contributed by atoms with van der Waals surface area (Å²) in [4.78, 5) is 0. The van der Waals surface area contributed by atoms with Crippen LogP contribution in [0.5, 0.6) is 5.75 Å². The summed E-state index contributed by atoms with van der Waals surface area (Å²) in [5, 5.41) is 3.14. The minimum atomic E-state index is 0.636. The molecule has 14 heavy (non-hydrogen) atoms. The maximum atomic E-state index is 5.77. The fourth-order valence-electron chi connectivity index (χ4n) is 1.01. The molecular weight excluding hydrogens is 244 g/mol. The zero-order valence-electron chi connectivity index (χ0n) is 8.01. The van der Waals surface area contributed by atoms with Crippen LogP contribution in [0.25, 0.3) is 0 Å². The number of nitrogens with two attached hydrogens (primary N) is 1. The Labute approximate surface area is 92.1 Å². The van der Waals surface area contributed by atoms with Gasteiger partial charge in [0.05, 0.1) is 18.5 Å². The Kier molecular flexibility index (Phi) is 3.83. The van der Waals surface area contributed by atoms with Crippen LogP contribution >= 0.6 is 15.9 Å². The zero-order valence-corrected chi connectivity index (χ0v) is 9.60. The van der Waals surface area contributed by atoms with Crippen molar-refractivity contribution in [3.63, 3.8) is 0 Å². The van der Waals surface area contributed by atoms with E-state index in [0.717, 1.165) is 15.9 Å². The van der Waals surface area contributed by atoms with Gasteiger partial charge >= 0.3 is 0 Å². The fraction of sp³-hybridized carbons (Fsp3) is 0.200. The molecule has 0 aliphatic heterocycles. The lowest BCUT2D eigenvalue weighted by atomic mass is 10.2. The van der Waals surface area contributed by atoms with Crippen molar-refractivity contribution in [3.8, 4) is 5.75 Å². The second kappa shape index (κ2) is 4.91. The SMILES string of the molecule is C=C(Br)CNc1cc(OC)ccc1N. The number of nitrogen functional groups attached to an aromatic ring is 1. The van der Waals surface area contributed by atoms with E-state index < -0.39 is 0 Å². The summed E-state index contributed by atoms with van der Waals surface area (Å²) >= 11 is 3.26. The van der Waals surface area contributed by atoms with Crippen LogP contribution in [0.4, 0.5) is 11.4 Å². The lowest BCUT2D eigenvalue weighted by Gasteiger charge is -2.10. The highest BCUT2D eigenvalue weighted by Crippen LogP contribution is 2.24. The third-order valence-corrected chi connectivity index (χ3v) is 2.01. The van der Waals surface area contributed by atoms with Crippen LogP contribution in [0.1, 0.15) is 0 Å². The maximum Gasteiger partial charge on any atom is 0.121 e. The highest BCUT2D eigenvalue weighted by Gasteiger charge is 2.00. The van der Waals surface area contributed by atoms with E-state index in [2.05, 4.69) is 27.8 Å². The molecule has 1 rings (SSSR count). The molecule has 0 saturated heterocycles. The highest BCUT2D eigenvalue weighted by atomic mass is 79.9. The minimum Gasteiger partial charge on any atom is -0.497 e. The monoisotopic (exact) mass is 256 g/mol. The number of hydrogen-bond acceptors (Lipinski definition) is 3. The van der Waals surface area contributed by atoms with Crippen LogP contribution in [-0.2, 0) is 0 Å². The third-order valence-electron chi connectivity index (χ3n) is 1.73. The van der Waals surface area contributed by atoms with Crippen molar-refractivity contribution in [3.05, 3.63) is 29.3 Å². The maximum absolute atomic E-state index is 5.77. The van der Waals surface area contributed by atoms with Gasteiger partial charge in [0, 0.05) is 17.1 Å². The van der Waals surface area contributed by atoms with Gasteiger partial charge in [0.1, 0.15) is 5.75 Å². The van der Waals surface area contributed by atoms with Gasteiger partial charge in [-0.05, 0) is 12.1 Å². The van der Waals surface area contributed by atoms with Crippen LogP contribution in [0, 0.1) is 0 Å². The van der Waals surface area contributed by atoms with Gasteiger partial charge in [-0.2, -0.15) is 0 Å². The summed E-state index contributed by atoms with van der Waals surface area (Å²) in [7, 11) is 1.62. The number of hydrogen-bond donors (Lipinski definition) is 2.